The van der Waals surface area contributed by atoms with E-state index >= 15 is 0 Å². The smallest absolute Gasteiger partial charge is 0.228 e. The highest BCUT2D eigenvalue weighted by Crippen LogP contribution is 2.20. The number of carbonyl (C=O) groups is 1. The second-order valence-electron chi connectivity index (χ2n) is 5.12. The van der Waals surface area contributed by atoms with Crippen LogP contribution in [-0.4, -0.2) is 20.7 Å². The minimum Gasteiger partial charge on any atom is -0.324 e. The summed E-state index contributed by atoms with van der Waals surface area (Å²) >= 11 is 6.07. The number of rotatable bonds is 3. The van der Waals surface area contributed by atoms with E-state index in [2.05, 4.69) is 15.4 Å². The maximum Gasteiger partial charge on any atom is 0.228 e. The number of pyridine rings is 1. The van der Waals surface area contributed by atoms with Crippen molar-refractivity contribution in [3.8, 4) is 0 Å². The van der Waals surface area contributed by atoms with Gasteiger partial charge in [-0.05, 0) is 24.6 Å². The first-order chi connectivity index (χ1) is 10.5. The number of nitrogens with one attached hydrogen (secondary N) is 1. The van der Waals surface area contributed by atoms with Crippen molar-refractivity contribution in [3.63, 3.8) is 0 Å². The predicted octanol–water partition coefficient (Wildman–Crippen LogP) is 3.11. The summed E-state index contributed by atoms with van der Waals surface area (Å²) in [5.41, 5.74) is 3.13. The average molecular weight is 315 g/mol. The molecule has 0 fully saturated rings. The molecule has 5 nitrogen and oxygen atoms in total. The van der Waals surface area contributed by atoms with Crippen molar-refractivity contribution in [2.24, 2.45) is 7.05 Å². The third-order valence-electron chi connectivity index (χ3n) is 3.46. The maximum atomic E-state index is 12.1. The molecule has 22 heavy (non-hydrogen) atoms. The van der Waals surface area contributed by atoms with Gasteiger partial charge in [-0.1, -0.05) is 29.8 Å². The van der Waals surface area contributed by atoms with Gasteiger partial charge < -0.3 is 5.32 Å². The lowest BCUT2D eigenvalue weighted by atomic mass is 10.1. The number of aromatic nitrogens is 3. The first-order valence-electron chi connectivity index (χ1n) is 6.87. The predicted molar refractivity (Wildman–Crippen MR) is 87.0 cm³/mol. The molecule has 1 amide bonds. The summed E-state index contributed by atoms with van der Waals surface area (Å²) in [6.45, 7) is 1.92. The highest BCUT2D eigenvalue weighted by Gasteiger charge is 2.10. The molecule has 0 unspecified atom stereocenters. The van der Waals surface area contributed by atoms with Crippen molar-refractivity contribution in [2.75, 3.05) is 5.32 Å². The number of amides is 1. The summed E-state index contributed by atoms with van der Waals surface area (Å²) in [7, 11) is 1.85. The van der Waals surface area contributed by atoms with Gasteiger partial charge >= 0.3 is 0 Å². The number of fused-ring (bicyclic) bond motifs is 1. The lowest BCUT2D eigenvalue weighted by Gasteiger charge is -2.06. The quantitative estimate of drug-likeness (QED) is 0.808. The van der Waals surface area contributed by atoms with Crippen LogP contribution in [-0.2, 0) is 18.3 Å². The lowest BCUT2D eigenvalue weighted by molar-refractivity contribution is -0.115. The Labute approximate surface area is 132 Å². The van der Waals surface area contributed by atoms with Crippen molar-refractivity contribution >= 4 is 34.2 Å². The second-order valence-corrected chi connectivity index (χ2v) is 5.53. The molecule has 1 N–H and O–H groups in total. The fourth-order valence-electron chi connectivity index (χ4n) is 2.40. The first kappa shape index (κ1) is 14.5. The minimum absolute atomic E-state index is 0.129. The molecule has 0 radical (unpaired) electrons. The van der Waals surface area contributed by atoms with Gasteiger partial charge in [-0.3, -0.25) is 9.48 Å². The molecular weight excluding hydrogens is 300 g/mol. The van der Waals surface area contributed by atoms with Crippen molar-refractivity contribution in [3.05, 3.63) is 52.8 Å². The van der Waals surface area contributed by atoms with Gasteiger partial charge in [0.25, 0.3) is 0 Å². The molecule has 112 valence electrons. The third kappa shape index (κ3) is 2.80. The number of anilines is 1. The first-order valence-corrected chi connectivity index (χ1v) is 7.25. The zero-order chi connectivity index (χ0) is 15.7. The Morgan fingerprint density at radius 2 is 2.14 bits per heavy atom. The Morgan fingerprint density at radius 3 is 2.91 bits per heavy atom. The van der Waals surface area contributed by atoms with Gasteiger partial charge in [0.1, 0.15) is 0 Å². The largest absolute Gasteiger partial charge is 0.324 e. The Balaban J connectivity index is 1.79. The van der Waals surface area contributed by atoms with Gasteiger partial charge in [0.2, 0.25) is 5.91 Å². The van der Waals surface area contributed by atoms with E-state index in [0.29, 0.717) is 10.7 Å². The van der Waals surface area contributed by atoms with Crippen molar-refractivity contribution in [1.29, 1.82) is 0 Å². The summed E-state index contributed by atoms with van der Waals surface area (Å²) in [4.78, 5) is 16.5. The van der Waals surface area contributed by atoms with Crippen LogP contribution in [0.5, 0.6) is 0 Å². The number of hydrogen-bond donors (Lipinski definition) is 1. The Kier molecular flexibility index (Phi) is 3.81. The molecular formula is C16H15ClN4O. The molecule has 0 aliphatic heterocycles. The highest BCUT2D eigenvalue weighted by molar-refractivity contribution is 6.31. The number of aryl methyl sites for hydroxylation is 2. The summed E-state index contributed by atoms with van der Waals surface area (Å²) in [6, 6.07) is 9.20. The molecule has 0 aliphatic carbocycles. The SMILES string of the molecule is Cc1nn(C)c2ncc(NC(=O)Cc3ccccc3Cl)cc12. The molecule has 6 heteroatoms. The molecule has 2 heterocycles. The number of carbonyl (C=O) groups excluding carboxylic acids is 1. The fourth-order valence-corrected chi connectivity index (χ4v) is 2.60. The van der Waals surface area contributed by atoms with Gasteiger partial charge in [0.05, 0.1) is 24.0 Å². The van der Waals surface area contributed by atoms with Crippen LogP contribution in [0.1, 0.15) is 11.3 Å². The van der Waals surface area contributed by atoms with E-state index in [1.165, 1.54) is 0 Å². The van der Waals surface area contributed by atoms with Crippen molar-refractivity contribution in [1.82, 2.24) is 14.8 Å². The highest BCUT2D eigenvalue weighted by atomic mass is 35.5. The van der Waals surface area contributed by atoms with Crippen LogP contribution < -0.4 is 5.32 Å². The zero-order valence-electron chi connectivity index (χ0n) is 12.3. The molecule has 0 saturated carbocycles. The van der Waals surface area contributed by atoms with Crippen LogP contribution in [0, 0.1) is 6.92 Å². The van der Waals surface area contributed by atoms with Gasteiger partial charge in [0, 0.05) is 17.5 Å². The molecule has 3 rings (SSSR count). The lowest BCUT2D eigenvalue weighted by Crippen LogP contribution is -2.14. The Hall–Kier alpha value is -2.40. The van der Waals surface area contributed by atoms with Crippen LogP contribution in [0.25, 0.3) is 11.0 Å². The van der Waals surface area contributed by atoms with Crippen molar-refractivity contribution < 1.29 is 4.79 Å². The van der Waals surface area contributed by atoms with Crippen LogP contribution in [0.3, 0.4) is 0 Å². The number of halogens is 1. The molecule has 3 aromatic rings. The zero-order valence-corrected chi connectivity index (χ0v) is 13.1. The number of benzene rings is 1. The van der Waals surface area contributed by atoms with E-state index < -0.39 is 0 Å². The average Bonchev–Trinajstić information content (AvgIpc) is 2.76. The normalized spacial score (nSPS) is 10.9. The van der Waals surface area contributed by atoms with Crippen LogP contribution >= 0.6 is 11.6 Å². The van der Waals surface area contributed by atoms with E-state index in [0.717, 1.165) is 22.3 Å². The van der Waals surface area contributed by atoms with Crippen molar-refractivity contribution in [2.45, 2.75) is 13.3 Å². The van der Waals surface area contributed by atoms with Crippen LogP contribution in [0.15, 0.2) is 36.5 Å². The molecule has 0 atom stereocenters. The Bertz CT molecular complexity index is 856. The molecule has 0 aliphatic rings. The number of nitrogens with zero attached hydrogens (tertiary/aromatic N) is 3. The van der Waals surface area contributed by atoms with Gasteiger partial charge in [0.15, 0.2) is 5.65 Å². The number of hydrogen-bond acceptors (Lipinski definition) is 3. The summed E-state index contributed by atoms with van der Waals surface area (Å²) < 4.78 is 1.72. The van der Waals surface area contributed by atoms with E-state index in [-0.39, 0.29) is 12.3 Å². The summed E-state index contributed by atoms with van der Waals surface area (Å²) in [5.74, 6) is -0.129. The molecule has 0 bridgehead atoms. The standard InChI is InChI=1S/C16H15ClN4O/c1-10-13-8-12(9-18-16(13)21(2)20-10)19-15(22)7-11-5-3-4-6-14(11)17/h3-6,8-9H,7H2,1-2H3,(H,19,22). The summed E-state index contributed by atoms with van der Waals surface area (Å²) in [6.07, 6.45) is 1.86. The van der Waals surface area contributed by atoms with Gasteiger partial charge in [-0.2, -0.15) is 5.10 Å². The minimum atomic E-state index is -0.129. The van der Waals surface area contributed by atoms with Crippen LogP contribution in [0.4, 0.5) is 5.69 Å². The second kappa shape index (κ2) is 5.77. The van der Waals surface area contributed by atoms with E-state index in [1.54, 1.807) is 16.9 Å². The van der Waals surface area contributed by atoms with E-state index in [1.807, 2.05) is 38.2 Å². The molecule has 0 saturated heterocycles. The third-order valence-corrected chi connectivity index (χ3v) is 3.82. The molecule has 2 aromatic heterocycles. The maximum absolute atomic E-state index is 12.1. The topological polar surface area (TPSA) is 59.8 Å². The molecule has 1 aromatic carbocycles. The van der Waals surface area contributed by atoms with E-state index in [9.17, 15) is 4.79 Å². The van der Waals surface area contributed by atoms with E-state index in [4.69, 9.17) is 11.6 Å². The van der Waals surface area contributed by atoms with Gasteiger partial charge in [-0.15, -0.1) is 0 Å². The monoisotopic (exact) mass is 314 g/mol. The van der Waals surface area contributed by atoms with Crippen LogP contribution in [0.2, 0.25) is 5.02 Å². The van der Waals surface area contributed by atoms with Gasteiger partial charge in [-0.25, -0.2) is 4.98 Å². The molecule has 0 spiro atoms. The fraction of sp³-hybridized carbons (Fsp3) is 0.188. The summed E-state index contributed by atoms with van der Waals surface area (Å²) in [5, 5.41) is 8.68. The Morgan fingerprint density at radius 1 is 1.36 bits per heavy atom.